The molecule has 1 aliphatic heterocycles. The molecule has 0 spiro atoms. The standard InChI is InChI=1S/C24H30N4O4/c1-17(29)25-21(16-18-8-6-7-11-22(18)32-2)23(30)26-20-12-14-28(15-13-20)24(31)27-19-9-4-3-5-10-19/h3-11,20-21H,12-16H2,1-2H3,(H,25,29)(H,26,30)(H,27,31)/t21-/m0/s1. The third-order valence-electron chi connectivity index (χ3n) is 5.46. The highest BCUT2D eigenvalue weighted by molar-refractivity contribution is 5.89. The summed E-state index contributed by atoms with van der Waals surface area (Å²) in [5, 5.41) is 8.67. The third kappa shape index (κ3) is 6.47. The van der Waals surface area contributed by atoms with Crippen molar-refractivity contribution in [2.75, 3.05) is 25.5 Å². The Morgan fingerprint density at radius 3 is 2.34 bits per heavy atom. The van der Waals surface area contributed by atoms with Gasteiger partial charge in [0.25, 0.3) is 0 Å². The van der Waals surface area contributed by atoms with Gasteiger partial charge in [0.05, 0.1) is 7.11 Å². The Kier molecular flexibility index (Phi) is 8.08. The molecular weight excluding hydrogens is 408 g/mol. The Labute approximate surface area is 188 Å². The number of likely N-dealkylation sites (tertiary alicyclic amines) is 1. The lowest BCUT2D eigenvalue weighted by atomic mass is 10.0. The van der Waals surface area contributed by atoms with Crippen LogP contribution in [0.2, 0.25) is 0 Å². The molecule has 3 N–H and O–H groups in total. The Bertz CT molecular complexity index is 927. The fourth-order valence-corrected chi connectivity index (χ4v) is 3.80. The van der Waals surface area contributed by atoms with Gasteiger partial charge in [0.2, 0.25) is 11.8 Å². The fraction of sp³-hybridized carbons (Fsp3) is 0.375. The minimum absolute atomic E-state index is 0.0581. The van der Waals surface area contributed by atoms with Crippen LogP contribution in [0.1, 0.15) is 25.3 Å². The molecule has 1 fully saturated rings. The van der Waals surface area contributed by atoms with E-state index < -0.39 is 6.04 Å². The van der Waals surface area contributed by atoms with Gasteiger partial charge in [0, 0.05) is 38.2 Å². The van der Waals surface area contributed by atoms with Crippen molar-refractivity contribution in [3.05, 3.63) is 60.2 Å². The number of piperidine rings is 1. The molecule has 170 valence electrons. The van der Waals surface area contributed by atoms with Crippen LogP contribution in [0.5, 0.6) is 5.75 Å². The second-order valence-corrected chi connectivity index (χ2v) is 7.84. The van der Waals surface area contributed by atoms with Crippen LogP contribution in [0.3, 0.4) is 0 Å². The highest BCUT2D eigenvalue weighted by Crippen LogP contribution is 2.19. The molecule has 4 amide bonds. The minimum atomic E-state index is -0.705. The molecule has 1 heterocycles. The number of urea groups is 1. The van der Waals surface area contributed by atoms with Gasteiger partial charge in [-0.05, 0) is 36.6 Å². The Morgan fingerprint density at radius 1 is 1.03 bits per heavy atom. The highest BCUT2D eigenvalue weighted by Gasteiger charge is 2.27. The van der Waals surface area contributed by atoms with Crippen LogP contribution in [0.25, 0.3) is 0 Å². The van der Waals surface area contributed by atoms with E-state index >= 15 is 0 Å². The van der Waals surface area contributed by atoms with Crippen LogP contribution in [0.15, 0.2) is 54.6 Å². The predicted molar refractivity (Wildman–Crippen MR) is 123 cm³/mol. The number of carbonyl (C=O) groups excluding carboxylic acids is 3. The van der Waals surface area contributed by atoms with Gasteiger partial charge in [-0.15, -0.1) is 0 Å². The summed E-state index contributed by atoms with van der Waals surface area (Å²) in [6.07, 6.45) is 1.62. The molecule has 0 radical (unpaired) electrons. The first-order valence-corrected chi connectivity index (χ1v) is 10.8. The molecule has 1 aliphatic rings. The quantitative estimate of drug-likeness (QED) is 0.619. The molecule has 0 aliphatic carbocycles. The van der Waals surface area contributed by atoms with Crippen molar-refractivity contribution >= 4 is 23.5 Å². The van der Waals surface area contributed by atoms with Crippen LogP contribution >= 0.6 is 0 Å². The molecule has 0 bridgehead atoms. The van der Waals surface area contributed by atoms with E-state index in [0.29, 0.717) is 38.1 Å². The van der Waals surface area contributed by atoms with Crippen LogP contribution in [-0.2, 0) is 16.0 Å². The number of methoxy groups -OCH3 is 1. The number of hydrogen-bond donors (Lipinski definition) is 3. The van der Waals surface area contributed by atoms with Gasteiger partial charge in [0.15, 0.2) is 0 Å². The number of benzene rings is 2. The van der Waals surface area contributed by atoms with Crippen molar-refractivity contribution in [3.8, 4) is 5.75 Å². The molecule has 0 aromatic heterocycles. The summed E-state index contributed by atoms with van der Waals surface area (Å²) in [7, 11) is 1.58. The fourth-order valence-electron chi connectivity index (χ4n) is 3.80. The van der Waals surface area contributed by atoms with Crippen molar-refractivity contribution < 1.29 is 19.1 Å². The van der Waals surface area contributed by atoms with Gasteiger partial charge in [-0.2, -0.15) is 0 Å². The second kappa shape index (κ2) is 11.2. The molecule has 2 aromatic rings. The first-order chi connectivity index (χ1) is 15.5. The molecule has 8 nitrogen and oxygen atoms in total. The molecule has 1 atom stereocenters. The maximum absolute atomic E-state index is 12.9. The van der Waals surface area contributed by atoms with Gasteiger partial charge in [-0.1, -0.05) is 36.4 Å². The lowest BCUT2D eigenvalue weighted by Gasteiger charge is -2.33. The highest BCUT2D eigenvalue weighted by atomic mass is 16.5. The largest absolute Gasteiger partial charge is 0.496 e. The van der Waals surface area contributed by atoms with E-state index in [2.05, 4.69) is 16.0 Å². The van der Waals surface area contributed by atoms with Gasteiger partial charge < -0.3 is 25.6 Å². The number of para-hydroxylation sites is 2. The molecule has 2 aromatic carbocycles. The Hall–Kier alpha value is -3.55. The van der Waals surface area contributed by atoms with Crippen molar-refractivity contribution in [2.45, 2.75) is 38.3 Å². The van der Waals surface area contributed by atoms with Gasteiger partial charge in [0.1, 0.15) is 11.8 Å². The van der Waals surface area contributed by atoms with Gasteiger partial charge >= 0.3 is 6.03 Å². The van der Waals surface area contributed by atoms with Crippen LogP contribution in [-0.4, -0.2) is 55.0 Å². The monoisotopic (exact) mass is 438 g/mol. The van der Waals surface area contributed by atoms with Crippen molar-refractivity contribution in [1.82, 2.24) is 15.5 Å². The van der Waals surface area contributed by atoms with Crippen molar-refractivity contribution in [3.63, 3.8) is 0 Å². The molecule has 3 rings (SSSR count). The normalized spacial score (nSPS) is 14.9. The van der Waals surface area contributed by atoms with E-state index in [9.17, 15) is 14.4 Å². The number of carbonyl (C=O) groups is 3. The maximum atomic E-state index is 12.9. The number of anilines is 1. The number of hydrogen-bond acceptors (Lipinski definition) is 4. The first-order valence-electron chi connectivity index (χ1n) is 10.8. The van der Waals surface area contributed by atoms with E-state index in [1.165, 1.54) is 6.92 Å². The smallest absolute Gasteiger partial charge is 0.321 e. The molecule has 32 heavy (non-hydrogen) atoms. The van der Waals surface area contributed by atoms with E-state index in [4.69, 9.17) is 4.74 Å². The van der Waals surface area contributed by atoms with Crippen LogP contribution in [0, 0.1) is 0 Å². The molecule has 8 heteroatoms. The summed E-state index contributed by atoms with van der Waals surface area (Å²) < 4.78 is 5.37. The topological polar surface area (TPSA) is 99.8 Å². The molecular formula is C24H30N4O4. The summed E-state index contributed by atoms with van der Waals surface area (Å²) in [6.45, 7) is 2.48. The third-order valence-corrected chi connectivity index (χ3v) is 5.46. The number of ether oxygens (including phenoxy) is 1. The van der Waals surface area contributed by atoms with E-state index in [-0.39, 0.29) is 23.9 Å². The van der Waals surface area contributed by atoms with Crippen LogP contribution < -0.4 is 20.7 Å². The lowest BCUT2D eigenvalue weighted by Crippen LogP contribution is -2.53. The lowest BCUT2D eigenvalue weighted by molar-refractivity contribution is -0.128. The number of nitrogens with one attached hydrogen (secondary N) is 3. The summed E-state index contributed by atoms with van der Waals surface area (Å²) in [5.74, 6) is 0.166. The molecule has 0 saturated carbocycles. The number of nitrogens with zero attached hydrogens (tertiary/aromatic N) is 1. The van der Waals surface area contributed by atoms with Gasteiger partial charge in [-0.25, -0.2) is 4.79 Å². The van der Waals surface area contributed by atoms with Crippen molar-refractivity contribution in [1.29, 1.82) is 0 Å². The second-order valence-electron chi connectivity index (χ2n) is 7.84. The zero-order chi connectivity index (χ0) is 22.9. The summed E-state index contributed by atoms with van der Waals surface area (Å²) in [5.41, 5.74) is 1.60. The number of amides is 4. The molecule has 0 unspecified atom stereocenters. The average Bonchev–Trinajstić information content (AvgIpc) is 2.79. The number of rotatable bonds is 7. The average molecular weight is 439 g/mol. The van der Waals surface area contributed by atoms with Crippen molar-refractivity contribution in [2.24, 2.45) is 0 Å². The summed E-state index contributed by atoms with van der Waals surface area (Å²) in [6, 6.07) is 15.8. The van der Waals surface area contributed by atoms with Crippen LogP contribution in [0.4, 0.5) is 10.5 Å². The van der Waals surface area contributed by atoms with Gasteiger partial charge in [-0.3, -0.25) is 9.59 Å². The Balaban J connectivity index is 1.54. The summed E-state index contributed by atoms with van der Waals surface area (Å²) >= 11 is 0. The predicted octanol–water partition coefficient (Wildman–Crippen LogP) is 2.56. The SMILES string of the molecule is COc1ccccc1C[C@H](NC(C)=O)C(=O)NC1CCN(C(=O)Nc2ccccc2)CC1. The zero-order valence-electron chi connectivity index (χ0n) is 18.5. The minimum Gasteiger partial charge on any atom is -0.496 e. The first kappa shape index (κ1) is 23.1. The Morgan fingerprint density at radius 2 is 1.69 bits per heavy atom. The van der Waals surface area contributed by atoms with E-state index in [1.807, 2.05) is 54.6 Å². The molecule has 1 saturated heterocycles. The zero-order valence-corrected chi connectivity index (χ0v) is 18.5. The van der Waals surface area contributed by atoms with E-state index in [0.717, 1.165) is 11.3 Å². The summed E-state index contributed by atoms with van der Waals surface area (Å²) in [4.78, 5) is 38.8. The maximum Gasteiger partial charge on any atom is 0.321 e. The van der Waals surface area contributed by atoms with E-state index in [1.54, 1.807) is 12.0 Å².